The quantitative estimate of drug-likeness (QED) is 0.183. The zero-order chi connectivity index (χ0) is 34.8. The molecule has 1 aliphatic carbocycles. The van der Waals surface area contributed by atoms with Crippen molar-refractivity contribution in [1.82, 2.24) is 15.0 Å². The predicted molar refractivity (Wildman–Crippen MR) is 212 cm³/mol. The molecule has 0 aliphatic heterocycles. The minimum atomic E-state index is -0.128. The summed E-state index contributed by atoms with van der Waals surface area (Å²) in [5, 5.41) is 2.35. The minimum Gasteiger partial charge on any atom is -0.456 e. The van der Waals surface area contributed by atoms with E-state index in [0.29, 0.717) is 17.5 Å². The Morgan fingerprint density at radius 1 is 0.365 bits per heavy atom. The van der Waals surface area contributed by atoms with E-state index in [1.807, 2.05) is 72.8 Å². The van der Waals surface area contributed by atoms with E-state index in [2.05, 4.69) is 105 Å². The largest absolute Gasteiger partial charge is 0.456 e. The first-order valence-corrected chi connectivity index (χ1v) is 17.7. The summed E-state index contributed by atoms with van der Waals surface area (Å²) in [6, 6.07) is 57.3. The average molecular weight is 668 g/mol. The molecular formula is C48H33N3O. The Morgan fingerprint density at radius 2 is 0.827 bits per heavy atom. The average Bonchev–Trinajstić information content (AvgIpc) is 3.68. The highest BCUT2D eigenvalue weighted by atomic mass is 16.3. The molecular weight excluding hydrogens is 635 g/mol. The Labute approximate surface area is 302 Å². The lowest BCUT2D eigenvalue weighted by Gasteiger charge is -2.22. The smallest absolute Gasteiger partial charge is 0.164 e. The lowest BCUT2D eigenvalue weighted by atomic mass is 9.81. The van der Waals surface area contributed by atoms with Crippen LogP contribution in [0, 0.1) is 0 Å². The molecule has 0 fully saturated rings. The van der Waals surface area contributed by atoms with Crippen molar-refractivity contribution in [2.75, 3.05) is 0 Å². The van der Waals surface area contributed by atoms with E-state index in [4.69, 9.17) is 19.4 Å². The van der Waals surface area contributed by atoms with Crippen LogP contribution in [-0.2, 0) is 5.41 Å². The van der Waals surface area contributed by atoms with Crippen molar-refractivity contribution < 1.29 is 4.42 Å². The molecule has 0 saturated heterocycles. The molecule has 4 nitrogen and oxygen atoms in total. The van der Waals surface area contributed by atoms with Crippen LogP contribution in [0.5, 0.6) is 0 Å². The van der Waals surface area contributed by atoms with Gasteiger partial charge in [-0.25, -0.2) is 15.0 Å². The maximum absolute atomic E-state index is 6.26. The molecule has 0 amide bonds. The van der Waals surface area contributed by atoms with Crippen molar-refractivity contribution in [3.63, 3.8) is 0 Å². The Morgan fingerprint density at radius 3 is 1.42 bits per heavy atom. The molecule has 1 aliphatic rings. The lowest BCUT2D eigenvalue weighted by Crippen LogP contribution is -2.15. The van der Waals surface area contributed by atoms with E-state index in [-0.39, 0.29) is 5.41 Å². The van der Waals surface area contributed by atoms with E-state index < -0.39 is 0 Å². The molecule has 0 radical (unpaired) electrons. The van der Waals surface area contributed by atoms with Gasteiger partial charge in [-0.1, -0.05) is 153 Å². The van der Waals surface area contributed by atoms with Crippen LogP contribution in [0.2, 0.25) is 0 Å². The highest BCUT2D eigenvalue weighted by Gasteiger charge is 2.36. The molecule has 246 valence electrons. The van der Waals surface area contributed by atoms with Gasteiger partial charge in [0.1, 0.15) is 11.2 Å². The van der Waals surface area contributed by atoms with E-state index >= 15 is 0 Å². The van der Waals surface area contributed by atoms with Crippen LogP contribution in [0.25, 0.3) is 89.5 Å². The van der Waals surface area contributed by atoms with Gasteiger partial charge in [-0.05, 0) is 68.8 Å². The number of aromatic nitrogens is 3. The molecule has 0 atom stereocenters. The van der Waals surface area contributed by atoms with Crippen molar-refractivity contribution in [1.29, 1.82) is 0 Å². The minimum absolute atomic E-state index is 0.128. The number of rotatable bonds is 5. The van der Waals surface area contributed by atoms with Crippen LogP contribution in [0.4, 0.5) is 0 Å². The normalized spacial score (nSPS) is 13.0. The van der Waals surface area contributed by atoms with Gasteiger partial charge in [-0.2, -0.15) is 0 Å². The Bertz CT molecular complexity index is 2720. The van der Waals surface area contributed by atoms with Gasteiger partial charge in [-0.3, -0.25) is 0 Å². The summed E-state index contributed by atoms with van der Waals surface area (Å²) in [4.78, 5) is 14.6. The molecule has 0 spiro atoms. The summed E-state index contributed by atoms with van der Waals surface area (Å²) in [6.07, 6.45) is 0. The molecule has 0 unspecified atom stereocenters. The molecule has 52 heavy (non-hydrogen) atoms. The molecule has 4 heteroatoms. The number of benzene rings is 7. The number of hydrogen-bond donors (Lipinski definition) is 0. The standard InChI is InChI=1S/C48H33N3O/c1-48(2)41-27-36(25-26-37(41)39-29-44-40(28-42(39)48)38-15-9-10-16-43(38)52-44)32-19-17-30(18-20-32)31-21-23-35(24-22-31)47-50-45(33-11-5-3-6-12-33)49-46(51-47)34-13-7-4-8-14-34/h3-29H,1-2H3. The molecule has 0 bridgehead atoms. The van der Waals surface area contributed by atoms with Crippen LogP contribution < -0.4 is 0 Å². The molecule has 7 aromatic carbocycles. The zero-order valence-electron chi connectivity index (χ0n) is 28.8. The van der Waals surface area contributed by atoms with Crippen molar-refractivity contribution in [2.45, 2.75) is 19.3 Å². The van der Waals surface area contributed by atoms with Crippen LogP contribution in [0.1, 0.15) is 25.0 Å². The summed E-state index contributed by atoms with van der Waals surface area (Å²) in [6.45, 7) is 4.68. The maximum atomic E-state index is 6.26. The van der Waals surface area contributed by atoms with Crippen molar-refractivity contribution >= 4 is 21.9 Å². The van der Waals surface area contributed by atoms with Gasteiger partial charge >= 0.3 is 0 Å². The predicted octanol–water partition coefficient (Wildman–Crippen LogP) is 12.4. The molecule has 10 rings (SSSR count). The Hall–Kier alpha value is -6.65. The van der Waals surface area contributed by atoms with E-state index in [1.165, 1.54) is 44.2 Å². The summed E-state index contributed by atoms with van der Waals surface area (Å²) in [5.41, 5.74) is 14.6. The van der Waals surface area contributed by atoms with E-state index in [1.54, 1.807) is 0 Å². The number of hydrogen-bond acceptors (Lipinski definition) is 4. The molecule has 9 aromatic rings. The van der Waals surface area contributed by atoms with Gasteiger partial charge < -0.3 is 4.42 Å². The Kier molecular flexibility index (Phi) is 6.80. The van der Waals surface area contributed by atoms with Crippen LogP contribution >= 0.6 is 0 Å². The monoisotopic (exact) mass is 667 g/mol. The van der Waals surface area contributed by atoms with Gasteiger partial charge in [-0.15, -0.1) is 0 Å². The SMILES string of the molecule is CC1(C)c2cc(-c3ccc(-c4ccc(-c5nc(-c6ccccc6)nc(-c6ccccc6)n5)cc4)cc3)ccc2-c2cc3oc4ccccc4c3cc21. The van der Waals surface area contributed by atoms with E-state index in [0.717, 1.165) is 39.0 Å². The fraction of sp³-hybridized carbons (Fsp3) is 0.0625. The third kappa shape index (κ3) is 4.95. The van der Waals surface area contributed by atoms with Crippen LogP contribution in [-0.4, -0.2) is 15.0 Å². The summed E-state index contributed by atoms with van der Waals surface area (Å²) in [7, 11) is 0. The van der Waals surface area contributed by atoms with Crippen LogP contribution in [0.3, 0.4) is 0 Å². The van der Waals surface area contributed by atoms with Gasteiger partial charge in [0.15, 0.2) is 17.5 Å². The number of para-hydroxylation sites is 1. The molecule has 0 saturated carbocycles. The second kappa shape index (κ2) is 11.7. The van der Waals surface area contributed by atoms with Gasteiger partial charge in [0.2, 0.25) is 0 Å². The number of fused-ring (bicyclic) bond motifs is 6. The highest BCUT2D eigenvalue weighted by molar-refractivity contribution is 6.07. The number of furan rings is 1. The van der Waals surface area contributed by atoms with Crippen molar-refractivity contribution in [2.24, 2.45) is 0 Å². The first kappa shape index (κ1) is 30.2. The maximum Gasteiger partial charge on any atom is 0.164 e. The van der Waals surface area contributed by atoms with E-state index in [9.17, 15) is 0 Å². The van der Waals surface area contributed by atoms with Gasteiger partial charge in [0.05, 0.1) is 0 Å². The van der Waals surface area contributed by atoms with Gasteiger partial charge in [0.25, 0.3) is 0 Å². The zero-order valence-corrected chi connectivity index (χ0v) is 28.8. The fourth-order valence-corrected chi connectivity index (χ4v) is 7.74. The third-order valence-electron chi connectivity index (χ3n) is 10.6. The molecule has 0 N–H and O–H groups in total. The van der Waals surface area contributed by atoms with Crippen molar-refractivity contribution in [3.8, 4) is 67.5 Å². The molecule has 2 aromatic heterocycles. The van der Waals surface area contributed by atoms with Crippen molar-refractivity contribution in [3.05, 3.63) is 175 Å². The second-order valence-corrected chi connectivity index (χ2v) is 14.1. The lowest BCUT2D eigenvalue weighted by molar-refractivity contribution is 0.658. The highest BCUT2D eigenvalue weighted by Crippen LogP contribution is 2.51. The topological polar surface area (TPSA) is 51.8 Å². The first-order valence-electron chi connectivity index (χ1n) is 17.7. The first-order chi connectivity index (χ1) is 25.5. The molecule has 2 heterocycles. The summed E-state index contributed by atoms with van der Waals surface area (Å²) >= 11 is 0. The third-order valence-corrected chi connectivity index (χ3v) is 10.6. The number of nitrogens with zero attached hydrogens (tertiary/aromatic N) is 3. The summed E-state index contributed by atoms with van der Waals surface area (Å²) in [5.74, 6) is 1.97. The van der Waals surface area contributed by atoms with Crippen LogP contribution in [0.15, 0.2) is 168 Å². The Balaban J connectivity index is 0.947. The summed E-state index contributed by atoms with van der Waals surface area (Å²) < 4.78 is 6.26. The second-order valence-electron chi connectivity index (χ2n) is 14.1. The fourth-order valence-electron chi connectivity index (χ4n) is 7.74. The van der Waals surface area contributed by atoms with Gasteiger partial charge in [0, 0.05) is 32.9 Å².